The summed E-state index contributed by atoms with van der Waals surface area (Å²) in [6, 6.07) is 7.83. The van der Waals surface area contributed by atoms with Gasteiger partial charge in [-0.25, -0.2) is 4.68 Å². The highest BCUT2D eigenvalue weighted by atomic mass is 35.5. The van der Waals surface area contributed by atoms with Crippen LogP contribution in [0.15, 0.2) is 47.7 Å². The predicted molar refractivity (Wildman–Crippen MR) is 105 cm³/mol. The minimum absolute atomic E-state index is 0.488. The van der Waals surface area contributed by atoms with Gasteiger partial charge in [0, 0.05) is 23.2 Å². The highest BCUT2D eigenvalue weighted by molar-refractivity contribution is 7.71. The number of aromatic nitrogens is 5. The molecule has 0 bridgehead atoms. The van der Waals surface area contributed by atoms with Gasteiger partial charge in [-0.3, -0.25) is 4.90 Å². The molecule has 1 aliphatic carbocycles. The zero-order chi connectivity index (χ0) is 18.8. The molecule has 0 aliphatic heterocycles. The highest BCUT2D eigenvalue weighted by Crippen LogP contribution is 2.29. The fourth-order valence-corrected chi connectivity index (χ4v) is 3.19. The van der Waals surface area contributed by atoms with Crippen molar-refractivity contribution in [1.29, 1.82) is 0 Å². The molecule has 27 heavy (non-hydrogen) atoms. The van der Waals surface area contributed by atoms with Crippen molar-refractivity contribution in [2.24, 2.45) is 0 Å². The minimum atomic E-state index is 0.488. The summed E-state index contributed by atoms with van der Waals surface area (Å²) in [6.45, 7) is 5.54. The zero-order valence-electron chi connectivity index (χ0n) is 14.7. The molecule has 3 aromatic rings. The van der Waals surface area contributed by atoms with Crippen molar-refractivity contribution in [3.63, 3.8) is 0 Å². The molecule has 140 valence electrons. The second kappa shape index (κ2) is 7.75. The highest BCUT2D eigenvalue weighted by Gasteiger charge is 2.31. The average molecular weight is 403 g/mol. The van der Waals surface area contributed by atoms with E-state index < -0.39 is 0 Å². The van der Waals surface area contributed by atoms with Crippen LogP contribution in [-0.4, -0.2) is 35.5 Å². The molecule has 0 radical (unpaired) electrons. The normalized spacial score (nSPS) is 14.0. The Hall–Kier alpha value is -2.29. The van der Waals surface area contributed by atoms with Crippen LogP contribution < -0.4 is 0 Å². The van der Waals surface area contributed by atoms with Gasteiger partial charge in [0.25, 0.3) is 0 Å². The quantitative estimate of drug-likeness (QED) is 0.420. The number of allylic oxidation sites excluding steroid dienone is 1. The fourth-order valence-electron chi connectivity index (χ4n) is 2.84. The number of hydrogen-bond donors (Lipinski definition) is 0. The van der Waals surface area contributed by atoms with Crippen LogP contribution in [-0.2, 0) is 19.8 Å². The summed E-state index contributed by atoms with van der Waals surface area (Å²) in [5.41, 5.74) is 0.849. The molecule has 2 heterocycles. The van der Waals surface area contributed by atoms with E-state index in [9.17, 15) is 0 Å². The first kappa shape index (κ1) is 18.1. The van der Waals surface area contributed by atoms with Gasteiger partial charge in [-0.1, -0.05) is 17.7 Å². The molecule has 0 saturated heterocycles. The summed E-state index contributed by atoms with van der Waals surface area (Å²) in [7, 11) is 0. The molecule has 1 saturated carbocycles. The Labute approximate surface area is 166 Å². The number of nitrogens with zero attached hydrogens (tertiary/aromatic N) is 6. The molecule has 7 nitrogen and oxygen atoms in total. The maximum atomic E-state index is 5.93. The van der Waals surface area contributed by atoms with Gasteiger partial charge >= 0.3 is 0 Å². The van der Waals surface area contributed by atoms with Crippen molar-refractivity contribution in [2.75, 3.05) is 0 Å². The Morgan fingerprint density at radius 1 is 1.30 bits per heavy atom. The summed E-state index contributed by atoms with van der Waals surface area (Å²) in [5.74, 6) is 1.06. The second-order valence-corrected chi connectivity index (χ2v) is 7.28. The molecule has 2 aromatic heterocycles. The summed E-state index contributed by atoms with van der Waals surface area (Å²) in [4.78, 5) is 2.26. The molecule has 1 aromatic carbocycles. The van der Waals surface area contributed by atoms with E-state index in [0.717, 1.165) is 18.4 Å². The van der Waals surface area contributed by atoms with E-state index >= 15 is 0 Å². The van der Waals surface area contributed by atoms with E-state index in [2.05, 4.69) is 26.8 Å². The largest absolute Gasteiger partial charge is 0.419 e. The molecule has 1 fully saturated rings. The Morgan fingerprint density at radius 2 is 2.07 bits per heavy atom. The van der Waals surface area contributed by atoms with E-state index in [-0.39, 0.29) is 0 Å². The molecular weight excluding hydrogens is 384 g/mol. The fraction of sp³-hybridized carbons (Fsp3) is 0.333. The van der Waals surface area contributed by atoms with Crippen LogP contribution in [0.4, 0.5) is 0 Å². The first-order valence-corrected chi connectivity index (χ1v) is 9.48. The summed E-state index contributed by atoms with van der Waals surface area (Å²) >= 11 is 11.4. The third kappa shape index (κ3) is 4.18. The van der Waals surface area contributed by atoms with Crippen LogP contribution >= 0.6 is 23.8 Å². The maximum absolute atomic E-state index is 5.93. The lowest BCUT2D eigenvalue weighted by Gasteiger charge is -2.19. The Bertz CT molecular complexity index is 988. The molecule has 0 unspecified atom stereocenters. The van der Waals surface area contributed by atoms with Crippen LogP contribution in [0.25, 0.3) is 11.5 Å². The van der Waals surface area contributed by atoms with Crippen LogP contribution in [0.1, 0.15) is 18.7 Å². The van der Waals surface area contributed by atoms with Gasteiger partial charge < -0.3 is 8.98 Å². The van der Waals surface area contributed by atoms with Crippen LogP contribution in [0.3, 0.4) is 0 Å². The molecule has 0 N–H and O–H groups in total. The van der Waals surface area contributed by atoms with Gasteiger partial charge in [0.1, 0.15) is 6.33 Å². The van der Waals surface area contributed by atoms with Crippen molar-refractivity contribution >= 4 is 23.8 Å². The number of rotatable bonds is 8. The summed E-state index contributed by atoms with van der Waals surface area (Å²) < 4.78 is 10.2. The van der Waals surface area contributed by atoms with Gasteiger partial charge in [0.15, 0.2) is 4.77 Å². The van der Waals surface area contributed by atoms with Gasteiger partial charge in [0.05, 0.1) is 13.2 Å². The Balaban J connectivity index is 1.49. The SMILES string of the molecule is C=CCn1cnn(CN(Cc2nnc(-c3ccc(Cl)cc3)o2)C2CC2)c1=S. The third-order valence-electron chi connectivity index (χ3n) is 4.40. The van der Waals surface area contributed by atoms with Crippen LogP contribution in [0.5, 0.6) is 0 Å². The van der Waals surface area contributed by atoms with E-state index in [1.807, 2.05) is 21.4 Å². The van der Waals surface area contributed by atoms with Gasteiger partial charge in [-0.2, -0.15) is 5.10 Å². The Morgan fingerprint density at radius 3 is 2.78 bits per heavy atom. The number of halogens is 1. The van der Waals surface area contributed by atoms with Crippen molar-refractivity contribution in [3.05, 3.63) is 58.9 Å². The molecule has 0 spiro atoms. The average Bonchev–Trinajstić information content (AvgIpc) is 3.33. The molecule has 4 rings (SSSR count). The molecule has 0 amide bonds. The van der Waals surface area contributed by atoms with Crippen molar-refractivity contribution in [3.8, 4) is 11.5 Å². The first-order chi connectivity index (χ1) is 13.1. The molecular formula is C18H19ClN6OS. The Kier molecular flexibility index (Phi) is 5.20. The lowest BCUT2D eigenvalue weighted by atomic mass is 10.2. The van der Waals surface area contributed by atoms with E-state index in [0.29, 0.717) is 47.4 Å². The standard InChI is InChI=1S/C18H19ClN6OS/c1-2-9-23-11-20-25(18(23)27)12-24(15-7-8-15)10-16-21-22-17(26-16)13-3-5-14(19)6-4-13/h2-6,11,15H,1,7-10,12H2. The predicted octanol–water partition coefficient (Wildman–Crippen LogP) is 3.93. The first-order valence-electron chi connectivity index (χ1n) is 8.69. The third-order valence-corrected chi connectivity index (χ3v) is 5.10. The van der Waals surface area contributed by atoms with Gasteiger partial charge in [0.2, 0.25) is 11.8 Å². The smallest absolute Gasteiger partial charge is 0.247 e. The lowest BCUT2D eigenvalue weighted by Crippen LogP contribution is -2.29. The number of benzene rings is 1. The van der Waals surface area contributed by atoms with Crippen molar-refractivity contribution < 1.29 is 4.42 Å². The minimum Gasteiger partial charge on any atom is -0.419 e. The van der Waals surface area contributed by atoms with Gasteiger partial charge in [-0.15, -0.1) is 16.8 Å². The van der Waals surface area contributed by atoms with Crippen LogP contribution in [0.2, 0.25) is 5.02 Å². The van der Waals surface area contributed by atoms with E-state index in [4.69, 9.17) is 28.2 Å². The molecule has 9 heteroatoms. The van der Waals surface area contributed by atoms with Crippen LogP contribution in [0, 0.1) is 4.77 Å². The van der Waals surface area contributed by atoms with Crippen molar-refractivity contribution in [1.82, 2.24) is 29.4 Å². The van der Waals surface area contributed by atoms with Crippen molar-refractivity contribution in [2.45, 2.75) is 38.6 Å². The van der Waals surface area contributed by atoms with Gasteiger partial charge in [-0.05, 0) is 49.3 Å². The summed E-state index contributed by atoms with van der Waals surface area (Å²) in [5, 5.41) is 13.4. The van der Waals surface area contributed by atoms with E-state index in [1.165, 1.54) is 0 Å². The second-order valence-electron chi connectivity index (χ2n) is 6.48. The molecule has 0 atom stereocenters. The topological polar surface area (TPSA) is 64.9 Å². The number of hydrogen-bond acceptors (Lipinski definition) is 6. The molecule has 1 aliphatic rings. The zero-order valence-corrected chi connectivity index (χ0v) is 16.2. The van der Waals surface area contributed by atoms with E-state index in [1.54, 1.807) is 24.5 Å². The summed E-state index contributed by atoms with van der Waals surface area (Å²) in [6.07, 6.45) is 5.84. The maximum Gasteiger partial charge on any atom is 0.247 e. The monoisotopic (exact) mass is 402 g/mol. The lowest BCUT2D eigenvalue weighted by molar-refractivity contribution is 0.170.